The second kappa shape index (κ2) is 7.15. The molecule has 1 aliphatic heterocycles. The van der Waals surface area contributed by atoms with E-state index >= 15 is 0 Å². The summed E-state index contributed by atoms with van der Waals surface area (Å²) in [7, 11) is -4.12. The lowest BCUT2D eigenvalue weighted by molar-refractivity contribution is -0.143. The van der Waals surface area contributed by atoms with Crippen molar-refractivity contribution in [3.8, 4) is 0 Å². The Labute approximate surface area is 158 Å². The Hall–Kier alpha value is -2.67. The zero-order chi connectivity index (χ0) is 19.8. The first-order valence-corrected chi connectivity index (χ1v) is 10.1. The lowest BCUT2D eigenvalue weighted by Crippen LogP contribution is -2.35. The fourth-order valence-electron chi connectivity index (χ4n) is 3.31. The number of hydrogen-bond donors (Lipinski definition) is 0. The minimum Gasteiger partial charge on any atom is -0.466 e. The maximum Gasteiger partial charge on any atom is 0.308 e. The van der Waals surface area contributed by atoms with Gasteiger partial charge < -0.3 is 4.74 Å². The van der Waals surface area contributed by atoms with Crippen molar-refractivity contribution in [3.63, 3.8) is 0 Å². The van der Waals surface area contributed by atoms with Crippen LogP contribution in [-0.2, 0) is 19.6 Å². The van der Waals surface area contributed by atoms with Crippen molar-refractivity contribution in [2.45, 2.75) is 38.1 Å². The molecule has 0 fully saturated rings. The molecule has 0 saturated heterocycles. The third kappa shape index (κ3) is 3.35. The third-order valence-corrected chi connectivity index (χ3v) is 6.41. The molecule has 1 unspecified atom stereocenters. The van der Waals surface area contributed by atoms with Crippen molar-refractivity contribution in [2.75, 3.05) is 6.61 Å². The van der Waals surface area contributed by atoms with Crippen LogP contribution >= 0.6 is 0 Å². The molecule has 1 heterocycles. The molecule has 0 bridgehead atoms. The van der Waals surface area contributed by atoms with Crippen molar-refractivity contribution in [1.82, 2.24) is 4.31 Å². The van der Waals surface area contributed by atoms with Crippen molar-refractivity contribution in [3.05, 3.63) is 64.7 Å². The molecule has 0 radical (unpaired) electrons. The summed E-state index contributed by atoms with van der Waals surface area (Å²) in [5.41, 5.74) is 2.45. The van der Waals surface area contributed by atoms with Gasteiger partial charge >= 0.3 is 5.97 Å². The van der Waals surface area contributed by atoms with Crippen LogP contribution in [0.4, 0.5) is 0 Å². The molecule has 0 N–H and O–H groups in total. The van der Waals surface area contributed by atoms with E-state index in [0.717, 1.165) is 9.87 Å². The van der Waals surface area contributed by atoms with Gasteiger partial charge in [0.25, 0.3) is 15.9 Å². The summed E-state index contributed by atoms with van der Waals surface area (Å²) in [6.45, 7) is 5.46. The van der Waals surface area contributed by atoms with E-state index < -0.39 is 27.9 Å². The predicted molar refractivity (Wildman–Crippen MR) is 99.7 cm³/mol. The van der Waals surface area contributed by atoms with E-state index in [9.17, 15) is 18.0 Å². The normalized spacial score (nSPS) is 16.3. The van der Waals surface area contributed by atoms with Crippen molar-refractivity contribution in [1.29, 1.82) is 0 Å². The number of ether oxygens (including phenoxy) is 1. The quantitative estimate of drug-likeness (QED) is 0.736. The molecule has 0 saturated carbocycles. The second-order valence-corrected chi connectivity index (χ2v) is 8.30. The number of carbonyl (C=O) groups is 2. The highest BCUT2D eigenvalue weighted by Crippen LogP contribution is 2.41. The first-order valence-electron chi connectivity index (χ1n) is 8.68. The van der Waals surface area contributed by atoms with Crippen LogP contribution in [0.3, 0.4) is 0 Å². The van der Waals surface area contributed by atoms with E-state index in [1.807, 2.05) is 6.92 Å². The van der Waals surface area contributed by atoms with E-state index in [0.29, 0.717) is 16.7 Å². The average molecular weight is 387 g/mol. The van der Waals surface area contributed by atoms with E-state index in [4.69, 9.17) is 4.74 Å². The Kier molecular flexibility index (Phi) is 5.06. The first kappa shape index (κ1) is 19.1. The largest absolute Gasteiger partial charge is 0.466 e. The van der Waals surface area contributed by atoms with E-state index in [1.165, 1.54) is 12.1 Å². The number of benzene rings is 2. The summed E-state index contributed by atoms with van der Waals surface area (Å²) < 4.78 is 32.3. The lowest BCUT2D eigenvalue weighted by Gasteiger charge is -2.24. The number of amides is 1. The van der Waals surface area contributed by atoms with Crippen LogP contribution in [0.25, 0.3) is 0 Å². The number of fused-ring (bicyclic) bond motifs is 1. The Morgan fingerprint density at radius 3 is 2.41 bits per heavy atom. The van der Waals surface area contributed by atoms with Gasteiger partial charge in [0.1, 0.15) is 0 Å². The van der Waals surface area contributed by atoms with Gasteiger partial charge in [-0.25, -0.2) is 12.7 Å². The van der Waals surface area contributed by atoms with Crippen molar-refractivity contribution in [2.24, 2.45) is 0 Å². The molecule has 7 heteroatoms. The van der Waals surface area contributed by atoms with Crippen LogP contribution in [0.1, 0.15) is 46.4 Å². The van der Waals surface area contributed by atoms with Gasteiger partial charge in [-0.1, -0.05) is 35.9 Å². The molecular weight excluding hydrogens is 366 g/mol. The standard InChI is InChI=1S/C20H21NO5S/c1-4-26-18(22)12-17-16-7-5-6-14(3)19(16)20(23)21(17)27(24,25)15-10-8-13(2)9-11-15/h5-11,17H,4,12H2,1-3H3. The maximum absolute atomic E-state index is 13.2. The molecule has 0 spiro atoms. The van der Waals surface area contributed by atoms with Gasteiger partial charge in [0.2, 0.25) is 0 Å². The molecule has 3 rings (SSSR count). The summed E-state index contributed by atoms with van der Waals surface area (Å²) in [6.07, 6.45) is -0.221. The fourth-order valence-corrected chi connectivity index (χ4v) is 4.85. The van der Waals surface area contributed by atoms with Gasteiger partial charge in [-0.05, 0) is 44.0 Å². The van der Waals surface area contributed by atoms with Crippen LogP contribution < -0.4 is 0 Å². The van der Waals surface area contributed by atoms with Crippen LogP contribution in [0.15, 0.2) is 47.4 Å². The number of carbonyl (C=O) groups excluding carboxylic acids is 2. The Bertz CT molecular complexity index is 996. The van der Waals surface area contributed by atoms with E-state index in [1.54, 1.807) is 44.2 Å². The Morgan fingerprint density at radius 1 is 1.11 bits per heavy atom. The molecule has 2 aromatic rings. The minimum atomic E-state index is -4.12. The topological polar surface area (TPSA) is 80.8 Å². The summed E-state index contributed by atoms with van der Waals surface area (Å²) in [5.74, 6) is -1.16. The number of sulfonamides is 1. The molecule has 6 nitrogen and oxygen atoms in total. The number of aryl methyl sites for hydroxylation is 2. The summed E-state index contributed by atoms with van der Waals surface area (Å²) >= 11 is 0. The highest BCUT2D eigenvalue weighted by Gasteiger charge is 2.46. The third-order valence-electron chi connectivity index (χ3n) is 4.60. The average Bonchev–Trinajstić information content (AvgIpc) is 2.89. The zero-order valence-corrected chi connectivity index (χ0v) is 16.2. The van der Waals surface area contributed by atoms with Crippen molar-refractivity contribution >= 4 is 21.9 Å². The summed E-state index contributed by atoms with van der Waals surface area (Å²) in [4.78, 5) is 25.2. The SMILES string of the molecule is CCOC(=O)CC1c2cccc(C)c2C(=O)N1S(=O)(=O)c1ccc(C)cc1. The Balaban J connectivity index is 2.11. The Morgan fingerprint density at radius 2 is 1.78 bits per heavy atom. The smallest absolute Gasteiger partial charge is 0.308 e. The van der Waals surface area contributed by atoms with E-state index in [2.05, 4.69) is 0 Å². The van der Waals surface area contributed by atoms with Crippen LogP contribution in [0, 0.1) is 13.8 Å². The molecular formula is C20H21NO5S. The first-order chi connectivity index (χ1) is 12.8. The summed E-state index contributed by atoms with van der Waals surface area (Å²) in [5, 5.41) is 0. The van der Waals surface area contributed by atoms with E-state index in [-0.39, 0.29) is 17.9 Å². The van der Waals surface area contributed by atoms with Crippen molar-refractivity contribution < 1.29 is 22.7 Å². The molecule has 2 aromatic carbocycles. The summed E-state index contributed by atoms with van der Waals surface area (Å²) in [6, 6.07) is 10.6. The highest BCUT2D eigenvalue weighted by molar-refractivity contribution is 7.89. The van der Waals surface area contributed by atoms with Gasteiger partial charge in [-0.3, -0.25) is 9.59 Å². The molecule has 0 aromatic heterocycles. The van der Waals surface area contributed by atoms with Crippen LogP contribution in [0.5, 0.6) is 0 Å². The molecule has 27 heavy (non-hydrogen) atoms. The lowest BCUT2D eigenvalue weighted by atomic mass is 9.99. The van der Waals surface area contributed by atoms with Gasteiger partial charge in [-0.2, -0.15) is 0 Å². The second-order valence-electron chi connectivity index (χ2n) is 6.48. The molecule has 1 aliphatic rings. The number of nitrogens with zero attached hydrogens (tertiary/aromatic N) is 1. The van der Waals surface area contributed by atoms with Gasteiger partial charge in [0, 0.05) is 5.56 Å². The van der Waals surface area contributed by atoms with Gasteiger partial charge in [-0.15, -0.1) is 0 Å². The van der Waals surface area contributed by atoms with Gasteiger partial charge in [0.15, 0.2) is 0 Å². The minimum absolute atomic E-state index is 0.0146. The van der Waals surface area contributed by atoms with Gasteiger partial charge in [0.05, 0.1) is 24.0 Å². The monoisotopic (exact) mass is 387 g/mol. The molecule has 0 aliphatic carbocycles. The zero-order valence-electron chi connectivity index (χ0n) is 15.4. The van der Waals surface area contributed by atoms with Crippen LogP contribution in [0.2, 0.25) is 0 Å². The molecule has 1 amide bonds. The number of esters is 1. The van der Waals surface area contributed by atoms with Crippen LogP contribution in [-0.4, -0.2) is 31.2 Å². The molecule has 142 valence electrons. The fraction of sp³-hybridized carbons (Fsp3) is 0.300. The predicted octanol–water partition coefficient (Wildman–Crippen LogP) is 3.14. The maximum atomic E-state index is 13.2. The molecule has 1 atom stereocenters. The highest BCUT2D eigenvalue weighted by atomic mass is 32.2. The number of hydrogen-bond acceptors (Lipinski definition) is 5. The number of rotatable bonds is 5.